The molecule has 6 heteroatoms. The van der Waals surface area contributed by atoms with Crippen molar-refractivity contribution in [2.24, 2.45) is 0 Å². The number of imide groups is 1. The molecule has 3 amide bonds. The van der Waals surface area contributed by atoms with Gasteiger partial charge in [0, 0.05) is 12.1 Å². The quantitative estimate of drug-likeness (QED) is 0.674. The fraction of sp³-hybridized carbons (Fsp3) is 0.357. The van der Waals surface area contributed by atoms with Crippen LogP contribution in [0.2, 0.25) is 0 Å². The molecule has 0 saturated carbocycles. The van der Waals surface area contributed by atoms with Crippen LogP contribution in [0.15, 0.2) is 22.9 Å². The van der Waals surface area contributed by atoms with Crippen molar-refractivity contribution < 1.29 is 14.4 Å². The van der Waals surface area contributed by atoms with Gasteiger partial charge < -0.3 is 5.32 Å². The summed E-state index contributed by atoms with van der Waals surface area (Å²) in [5, 5.41) is 6.40. The van der Waals surface area contributed by atoms with Crippen LogP contribution < -0.4 is 5.32 Å². The Bertz CT molecular complexity index is 549. The van der Waals surface area contributed by atoms with Crippen molar-refractivity contribution in [3.63, 3.8) is 0 Å². The van der Waals surface area contributed by atoms with Crippen LogP contribution in [-0.4, -0.2) is 34.7 Å². The lowest BCUT2D eigenvalue weighted by Gasteiger charge is -2.18. The van der Waals surface area contributed by atoms with E-state index in [1.807, 2.05) is 16.8 Å². The van der Waals surface area contributed by atoms with Crippen LogP contribution in [0.1, 0.15) is 25.8 Å². The van der Waals surface area contributed by atoms with Gasteiger partial charge in [0.2, 0.25) is 11.8 Å². The van der Waals surface area contributed by atoms with Crippen LogP contribution in [-0.2, 0) is 14.4 Å². The van der Waals surface area contributed by atoms with Gasteiger partial charge in [-0.2, -0.15) is 11.3 Å². The third kappa shape index (κ3) is 3.14. The summed E-state index contributed by atoms with van der Waals surface area (Å²) in [4.78, 5) is 36.6. The molecule has 1 aliphatic rings. The summed E-state index contributed by atoms with van der Waals surface area (Å²) in [6, 6.07) is 0.960. The van der Waals surface area contributed by atoms with E-state index in [0.717, 1.165) is 5.56 Å². The zero-order chi connectivity index (χ0) is 14.7. The van der Waals surface area contributed by atoms with Gasteiger partial charge in [-0.3, -0.25) is 19.3 Å². The number of nitrogens with one attached hydrogen (secondary N) is 1. The van der Waals surface area contributed by atoms with E-state index >= 15 is 0 Å². The number of hydrogen-bond donors (Lipinski definition) is 1. The molecule has 1 saturated heterocycles. The lowest BCUT2D eigenvalue weighted by Crippen LogP contribution is -2.43. The van der Waals surface area contributed by atoms with Crippen molar-refractivity contribution >= 4 is 35.1 Å². The number of likely N-dealkylation sites (tertiary alicyclic amines) is 1. The van der Waals surface area contributed by atoms with Crippen LogP contribution >= 0.6 is 11.3 Å². The molecule has 2 heterocycles. The Hall–Kier alpha value is -1.95. The molecule has 0 aliphatic carbocycles. The van der Waals surface area contributed by atoms with E-state index in [9.17, 15) is 14.4 Å². The number of rotatable bonds is 4. The first-order chi connectivity index (χ1) is 9.49. The SMILES string of the molecule is CC(C)N1C(=O)CC(NC(=O)/C=C/c2ccsc2)C1=O. The van der Waals surface area contributed by atoms with E-state index in [2.05, 4.69) is 5.32 Å². The summed E-state index contributed by atoms with van der Waals surface area (Å²) in [5.41, 5.74) is 0.933. The number of nitrogens with zero attached hydrogens (tertiary/aromatic N) is 1. The maximum atomic E-state index is 12.0. The Labute approximate surface area is 121 Å². The predicted molar refractivity (Wildman–Crippen MR) is 76.9 cm³/mol. The fourth-order valence-electron chi connectivity index (χ4n) is 2.07. The summed E-state index contributed by atoms with van der Waals surface area (Å²) in [6.07, 6.45) is 3.08. The van der Waals surface area contributed by atoms with Gasteiger partial charge in [-0.1, -0.05) is 0 Å². The van der Waals surface area contributed by atoms with Crippen molar-refractivity contribution in [2.75, 3.05) is 0 Å². The molecule has 0 radical (unpaired) electrons. The third-order valence-electron chi connectivity index (χ3n) is 2.99. The van der Waals surface area contributed by atoms with Crippen LogP contribution in [0.4, 0.5) is 0 Å². The van der Waals surface area contributed by atoms with Gasteiger partial charge in [0.1, 0.15) is 6.04 Å². The van der Waals surface area contributed by atoms with E-state index in [1.54, 1.807) is 19.9 Å². The van der Waals surface area contributed by atoms with Crippen molar-refractivity contribution in [3.05, 3.63) is 28.5 Å². The lowest BCUT2D eigenvalue weighted by molar-refractivity contribution is -0.141. The molecule has 1 N–H and O–H groups in total. The molecule has 0 bridgehead atoms. The molecule has 2 rings (SSSR count). The van der Waals surface area contributed by atoms with Gasteiger partial charge in [0.05, 0.1) is 6.42 Å². The molecule has 1 atom stereocenters. The molecule has 0 spiro atoms. The van der Waals surface area contributed by atoms with Crippen LogP contribution in [0.5, 0.6) is 0 Å². The summed E-state index contributed by atoms with van der Waals surface area (Å²) >= 11 is 1.54. The second-order valence-corrected chi connectivity index (χ2v) is 5.63. The molecular weight excluding hydrogens is 276 g/mol. The Kier molecular flexibility index (Phi) is 4.34. The average Bonchev–Trinajstić information content (AvgIpc) is 2.96. The van der Waals surface area contributed by atoms with Gasteiger partial charge >= 0.3 is 0 Å². The summed E-state index contributed by atoms with van der Waals surface area (Å²) in [6.45, 7) is 3.55. The lowest BCUT2D eigenvalue weighted by atomic mass is 10.2. The van der Waals surface area contributed by atoms with E-state index in [-0.39, 0.29) is 30.2 Å². The second-order valence-electron chi connectivity index (χ2n) is 4.85. The highest BCUT2D eigenvalue weighted by Gasteiger charge is 2.40. The van der Waals surface area contributed by atoms with Gasteiger partial charge in [-0.05, 0) is 42.3 Å². The van der Waals surface area contributed by atoms with E-state index in [4.69, 9.17) is 0 Å². The summed E-state index contributed by atoms with van der Waals surface area (Å²) in [7, 11) is 0. The minimum atomic E-state index is -0.746. The van der Waals surface area contributed by atoms with Crippen LogP contribution in [0.3, 0.4) is 0 Å². The van der Waals surface area contributed by atoms with E-state index in [1.165, 1.54) is 22.3 Å². The van der Waals surface area contributed by atoms with Crippen molar-refractivity contribution in [1.29, 1.82) is 0 Å². The van der Waals surface area contributed by atoms with E-state index in [0.29, 0.717) is 0 Å². The van der Waals surface area contributed by atoms with Gasteiger partial charge in [0.15, 0.2) is 0 Å². The van der Waals surface area contributed by atoms with Gasteiger partial charge in [0.25, 0.3) is 5.91 Å². The zero-order valence-electron chi connectivity index (χ0n) is 11.3. The zero-order valence-corrected chi connectivity index (χ0v) is 12.1. The minimum Gasteiger partial charge on any atom is -0.340 e. The highest BCUT2D eigenvalue weighted by molar-refractivity contribution is 7.08. The largest absolute Gasteiger partial charge is 0.340 e. The molecule has 1 fully saturated rings. The number of hydrogen-bond acceptors (Lipinski definition) is 4. The first-order valence-corrected chi connectivity index (χ1v) is 7.30. The Morgan fingerprint density at radius 3 is 2.80 bits per heavy atom. The second kappa shape index (κ2) is 6.00. The highest BCUT2D eigenvalue weighted by atomic mass is 32.1. The van der Waals surface area contributed by atoms with Crippen molar-refractivity contribution in [2.45, 2.75) is 32.4 Å². The van der Waals surface area contributed by atoms with Crippen LogP contribution in [0, 0.1) is 0 Å². The highest BCUT2D eigenvalue weighted by Crippen LogP contribution is 2.16. The fourth-order valence-corrected chi connectivity index (χ4v) is 2.70. The van der Waals surface area contributed by atoms with Gasteiger partial charge in [-0.25, -0.2) is 0 Å². The van der Waals surface area contributed by atoms with Gasteiger partial charge in [-0.15, -0.1) is 0 Å². The molecular formula is C14H16N2O3S. The molecule has 106 valence electrons. The normalized spacial score (nSPS) is 19.4. The smallest absolute Gasteiger partial charge is 0.252 e. The molecule has 1 unspecified atom stereocenters. The summed E-state index contributed by atoms with van der Waals surface area (Å²) in [5.74, 6) is -0.938. The maximum absolute atomic E-state index is 12.0. The summed E-state index contributed by atoms with van der Waals surface area (Å²) < 4.78 is 0. The number of amides is 3. The first-order valence-electron chi connectivity index (χ1n) is 6.35. The number of thiophene rings is 1. The van der Waals surface area contributed by atoms with E-state index < -0.39 is 6.04 Å². The minimum absolute atomic E-state index is 0.0368. The molecule has 20 heavy (non-hydrogen) atoms. The Balaban J connectivity index is 1.95. The Morgan fingerprint density at radius 2 is 2.25 bits per heavy atom. The first kappa shape index (κ1) is 14.5. The number of carbonyl (C=O) groups is 3. The monoisotopic (exact) mass is 292 g/mol. The molecule has 1 aromatic heterocycles. The molecule has 1 aromatic rings. The topological polar surface area (TPSA) is 66.5 Å². The standard InChI is InChI=1S/C14H16N2O3S/c1-9(2)16-13(18)7-11(14(16)19)15-12(17)4-3-10-5-6-20-8-10/h3-6,8-9,11H,7H2,1-2H3,(H,15,17)/b4-3+. The van der Waals surface area contributed by atoms with Crippen LogP contribution in [0.25, 0.3) is 6.08 Å². The molecule has 5 nitrogen and oxygen atoms in total. The van der Waals surface area contributed by atoms with Crippen molar-refractivity contribution in [3.8, 4) is 0 Å². The van der Waals surface area contributed by atoms with Crippen molar-refractivity contribution in [1.82, 2.24) is 10.2 Å². The molecule has 0 aromatic carbocycles. The maximum Gasteiger partial charge on any atom is 0.252 e. The molecule has 1 aliphatic heterocycles. The average molecular weight is 292 g/mol. The predicted octanol–water partition coefficient (Wildman–Crippen LogP) is 1.41. The third-order valence-corrected chi connectivity index (χ3v) is 3.69. The Morgan fingerprint density at radius 1 is 1.50 bits per heavy atom. The number of carbonyl (C=O) groups excluding carboxylic acids is 3.